The summed E-state index contributed by atoms with van der Waals surface area (Å²) in [7, 11) is 2.00. The quantitative estimate of drug-likeness (QED) is 0.483. The van der Waals surface area contributed by atoms with E-state index in [1.165, 1.54) is 32.1 Å². The van der Waals surface area contributed by atoms with E-state index in [2.05, 4.69) is 13.0 Å². The Kier molecular flexibility index (Phi) is 5.40. The van der Waals surface area contributed by atoms with Crippen LogP contribution < -0.4 is 0 Å². The number of aryl methyl sites for hydroxylation is 1. The lowest BCUT2D eigenvalue weighted by molar-refractivity contribution is 0.0980. The number of para-hydroxylation sites is 1. The van der Waals surface area contributed by atoms with Crippen LogP contribution in [0.25, 0.3) is 10.9 Å². The Balaban J connectivity index is 1.91. The maximum Gasteiger partial charge on any atom is 0.165 e. The molecule has 2 aromatic rings. The summed E-state index contributed by atoms with van der Waals surface area (Å²) in [6.45, 7) is 2.23. The molecule has 2 nitrogen and oxygen atoms in total. The van der Waals surface area contributed by atoms with Crippen molar-refractivity contribution in [1.82, 2.24) is 4.57 Å². The van der Waals surface area contributed by atoms with Crippen LogP contribution >= 0.6 is 0 Å². The van der Waals surface area contributed by atoms with Crippen LogP contribution in [0.2, 0.25) is 0 Å². The Bertz CT molecular complexity index is 568. The summed E-state index contributed by atoms with van der Waals surface area (Å²) in [5.41, 5.74) is 2.02. The maximum absolute atomic E-state index is 12.3. The number of Topliss-reactive ketones (excluding diaryl/α,β-unsaturated/α-hetero) is 1. The number of aromatic nitrogens is 1. The van der Waals surface area contributed by atoms with E-state index in [-0.39, 0.29) is 5.78 Å². The molecule has 20 heavy (non-hydrogen) atoms. The van der Waals surface area contributed by atoms with Crippen LogP contribution in [0.4, 0.5) is 0 Å². The van der Waals surface area contributed by atoms with E-state index in [1.807, 2.05) is 36.0 Å². The zero-order valence-electron chi connectivity index (χ0n) is 12.7. The summed E-state index contributed by atoms with van der Waals surface area (Å²) in [5, 5.41) is 1.09. The van der Waals surface area contributed by atoms with Crippen LogP contribution in [0.15, 0.2) is 30.5 Å². The molecule has 0 atom stereocenters. The Hall–Kier alpha value is -1.57. The van der Waals surface area contributed by atoms with Gasteiger partial charge in [0.1, 0.15) is 0 Å². The predicted molar refractivity (Wildman–Crippen MR) is 85.2 cm³/mol. The van der Waals surface area contributed by atoms with Crippen LogP contribution in [0.5, 0.6) is 0 Å². The van der Waals surface area contributed by atoms with Crippen LogP contribution in [-0.2, 0) is 7.05 Å². The van der Waals surface area contributed by atoms with Crippen molar-refractivity contribution in [2.45, 2.75) is 51.9 Å². The predicted octanol–water partition coefficient (Wildman–Crippen LogP) is 5.11. The van der Waals surface area contributed by atoms with Gasteiger partial charge in [0.15, 0.2) is 5.78 Å². The second-order valence-electron chi connectivity index (χ2n) is 5.61. The van der Waals surface area contributed by atoms with Crippen LogP contribution in [0, 0.1) is 0 Å². The van der Waals surface area contributed by atoms with E-state index in [0.717, 1.165) is 22.9 Å². The molecule has 1 heterocycles. The summed E-state index contributed by atoms with van der Waals surface area (Å²) < 4.78 is 2.05. The highest BCUT2D eigenvalue weighted by molar-refractivity contribution is 6.08. The van der Waals surface area contributed by atoms with Gasteiger partial charge in [-0.25, -0.2) is 0 Å². The molecule has 0 aliphatic carbocycles. The fourth-order valence-corrected chi connectivity index (χ4v) is 2.76. The highest BCUT2D eigenvalue weighted by Crippen LogP contribution is 2.22. The number of carbonyl (C=O) groups is 1. The number of carbonyl (C=O) groups excluding carboxylic acids is 1. The van der Waals surface area contributed by atoms with Crippen molar-refractivity contribution < 1.29 is 4.79 Å². The van der Waals surface area contributed by atoms with Gasteiger partial charge in [-0.05, 0) is 12.5 Å². The molecule has 108 valence electrons. The number of benzene rings is 1. The minimum absolute atomic E-state index is 0.289. The standard InChI is InChI=1S/C18H25NO/c1-3-4-5-6-7-8-13-18(20)16-14-19(2)17-12-10-9-11-15(16)17/h9-12,14H,3-8,13H2,1-2H3. The van der Waals surface area contributed by atoms with Crippen molar-refractivity contribution in [2.75, 3.05) is 0 Å². The van der Waals surface area contributed by atoms with Gasteiger partial charge in [-0.2, -0.15) is 0 Å². The van der Waals surface area contributed by atoms with Gasteiger partial charge in [-0.3, -0.25) is 4.79 Å². The van der Waals surface area contributed by atoms with Gasteiger partial charge >= 0.3 is 0 Å². The third kappa shape index (κ3) is 3.50. The number of hydrogen-bond donors (Lipinski definition) is 0. The summed E-state index contributed by atoms with van der Waals surface area (Å²) in [6, 6.07) is 8.13. The Morgan fingerprint density at radius 1 is 1.05 bits per heavy atom. The van der Waals surface area contributed by atoms with E-state index < -0.39 is 0 Å². The number of hydrogen-bond acceptors (Lipinski definition) is 1. The van der Waals surface area contributed by atoms with Crippen LogP contribution in [-0.4, -0.2) is 10.4 Å². The average Bonchev–Trinajstić information content (AvgIpc) is 2.80. The number of fused-ring (bicyclic) bond motifs is 1. The normalized spacial score (nSPS) is 11.1. The first-order valence-electron chi connectivity index (χ1n) is 7.81. The molecule has 0 saturated carbocycles. The first-order chi connectivity index (χ1) is 9.74. The monoisotopic (exact) mass is 271 g/mol. The molecule has 0 amide bonds. The van der Waals surface area contributed by atoms with Gasteiger partial charge in [-0.1, -0.05) is 57.2 Å². The molecular weight excluding hydrogens is 246 g/mol. The highest BCUT2D eigenvalue weighted by Gasteiger charge is 2.12. The van der Waals surface area contributed by atoms with E-state index in [4.69, 9.17) is 0 Å². The van der Waals surface area contributed by atoms with Gasteiger partial charge < -0.3 is 4.57 Å². The van der Waals surface area contributed by atoms with E-state index in [1.54, 1.807) is 0 Å². The second-order valence-corrected chi connectivity index (χ2v) is 5.61. The van der Waals surface area contributed by atoms with Gasteiger partial charge in [0.05, 0.1) is 0 Å². The van der Waals surface area contributed by atoms with Gasteiger partial charge in [0, 0.05) is 36.1 Å². The molecule has 0 spiro atoms. The molecule has 0 bridgehead atoms. The Labute approximate surface area is 121 Å². The fourth-order valence-electron chi connectivity index (χ4n) is 2.76. The molecule has 0 aliphatic heterocycles. The maximum atomic E-state index is 12.3. The number of unbranched alkanes of at least 4 members (excludes halogenated alkanes) is 5. The minimum Gasteiger partial charge on any atom is -0.350 e. The molecule has 2 rings (SSSR count). The van der Waals surface area contributed by atoms with Crippen molar-refractivity contribution in [3.05, 3.63) is 36.0 Å². The molecular formula is C18H25NO. The molecule has 2 heteroatoms. The summed E-state index contributed by atoms with van der Waals surface area (Å²) in [6.07, 6.45) is 10.0. The number of rotatable bonds is 8. The molecule has 0 N–H and O–H groups in total. The molecule has 0 unspecified atom stereocenters. The molecule has 0 radical (unpaired) electrons. The minimum atomic E-state index is 0.289. The Morgan fingerprint density at radius 3 is 2.55 bits per heavy atom. The lowest BCUT2D eigenvalue weighted by atomic mass is 10.0. The van der Waals surface area contributed by atoms with Crippen molar-refractivity contribution >= 4 is 16.7 Å². The zero-order chi connectivity index (χ0) is 14.4. The molecule has 1 aromatic carbocycles. The van der Waals surface area contributed by atoms with Gasteiger partial charge in [0.2, 0.25) is 0 Å². The van der Waals surface area contributed by atoms with E-state index >= 15 is 0 Å². The third-order valence-corrected chi connectivity index (χ3v) is 3.95. The van der Waals surface area contributed by atoms with Crippen LogP contribution in [0.1, 0.15) is 62.2 Å². The highest BCUT2D eigenvalue weighted by atomic mass is 16.1. The average molecular weight is 271 g/mol. The zero-order valence-corrected chi connectivity index (χ0v) is 12.7. The fraction of sp³-hybridized carbons (Fsp3) is 0.500. The van der Waals surface area contributed by atoms with Crippen molar-refractivity contribution in [2.24, 2.45) is 7.05 Å². The lowest BCUT2D eigenvalue weighted by Crippen LogP contribution is -1.98. The molecule has 0 fully saturated rings. The van der Waals surface area contributed by atoms with Crippen molar-refractivity contribution in [1.29, 1.82) is 0 Å². The van der Waals surface area contributed by atoms with E-state index in [0.29, 0.717) is 6.42 Å². The third-order valence-electron chi connectivity index (χ3n) is 3.95. The lowest BCUT2D eigenvalue weighted by Gasteiger charge is -2.01. The van der Waals surface area contributed by atoms with Crippen molar-refractivity contribution in [3.8, 4) is 0 Å². The molecule has 1 aromatic heterocycles. The van der Waals surface area contributed by atoms with E-state index in [9.17, 15) is 4.79 Å². The first-order valence-corrected chi connectivity index (χ1v) is 7.81. The first kappa shape index (κ1) is 14.8. The molecule has 0 saturated heterocycles. The number of ketones is 1. The topological polar surface area (TPSA) is 22.0 Å². The second kappa shape index (κ2) is 7.28. The largest absolute Gasteiger partial charge is 0.350 e. The smallest absolute Gasteiger partial charge is 0.165 e. The van der Waals surface area contributed by atoms with Crippen molar-refractivity contribution in [3.63, 3.8) is 0 Å². The number of nitrogens with zero attached hydrogens (tertiary/aromatic N) is 1. The summed E-state index contributed by atoms with van der Waals surface area (Å²) >= 11 is 0. The van der Waals surface area contributed by atoms with Gasteiger partial charge in [0.25, 0.3) is 0 Å². The summed E-state index contributed by atoms with van der Waals surface area (Å²) in [5.74, 6) is 0.289. The SMILES string of the molecule is CCCCCCCCC(=O)c1cn(C)c2ccccc12. The molecule has 0 aliphatic rings. The summed E-state index contributed by atoms with van der Waals surface area (Å²) in [4.78, 5) is 12.3. The van der Waals surface area contributed by atoms with Gasteiger partial charge in [-0.15, -0.1) is 0 Å². The van der Waals surface area contributed by atoms with Crippen LogP contribution in [0.3, 0.4) is 0 Å². The Morgan fingerprint density at radius 2 is 1.75 bits per heavy atom.